The lowest BCUT2D eigenvalue weighted by atomic mass is 9.91. The van der Waals surface area contributed by atoms with Crippen LogP contribution in [-0.2, 0) is 9.53 Å². The molecule has 0 aliphatic carbocycles. The van der Waals surface area contributed by atoms with E-state index in [4.69, 9.17) is 18.6 Å². The number of carbonyl (C=O) groups excluding carboxylic acids is 2. The quantitative estimate of drug-likeness (QED) is 0.137. The van der Waals surface area contributed by atoms with E-state index in [1.165, 1.54) is 6.07 Å². The molecule has 0 aliphatic rings. The van der Waals surface area contributed by atoms with Crippen LogP contribution in [0.3, 0.4) is 0 Å². The van der Waals surface area contributed by atoms with Gasteiger partial charge in [0.25, 0.3) is 0 Å². The van der Waals surface area contributed by atoms with E-state index >= 15 is 0 Å². The van der Waals surface area contributed by atoms with E-state index in [0.29, 0.717) is 41.2 Å². The van der Waals surface area contributed by atoms with Crippen molar-refractivity contribution >= 4 is 22.9 Å². The molecule has 0 saturated heterocycles. The van der Waals surface area contributed by atoms with Gasteiger partial charge in [-0.1, -0.05) is 6.92 Å². The molecule has 35 heavy (non-hydrogen) atoms. The first-order chi connectivity index (χ1) is 16.8. The highest BCUT2D eigenvalue weighted by atomic mass is 16.5. The smallest absolute Gasteiger partial charge is 0.343 e. The van der Waals surface area contributed by atoms with Crippen LogP contribution in [0.25, 0.3) is 11.0 Å². The monoisotopic (exact) mass is 480 g/mol. The Kier molecular flexibility index (Phi) is 9.06. The molecule has 186 valence electrons. The van der Waals surface area contributed by atoms with E-state index in [9.17, 15) is 14.4 Å². The van der Waals surface area contributed by atoms with Crippen molar-refractivity contribution in [2.45, 2.75) is 52.9 Å². The maximum absolute atomic E-state index is 12.4. The van der Waals surface area contributed by atoms with E-state index in [0.717, 1.165) is 32.1 Å². The average molecular weight is 481 g/mol. The molecule has 3 aromatic rings. The van der Waals surface area contributed by atoms with E-state index in [2.05, 4.69) is 0 Å². The first kappa shape index (κ1) is 26.0. The van der Waals surface area contributed by atoms with Gasteiger partial charge in [0.1, 0.15) is 17.1 Å². The van der Waals surface area contributed by atoms with Crippen LogP contribution in [0.2, 0.25) is 0 Å². The topological polar surface area (TPSA) is 92.0 Å². The summed E-state index contributed by atoms with van der Waals surface area (Å²) in [5.41, 5.74) is -0.0217. The third-order valence-electron chi connectivity index (χ3n) is 5.87. The van der Waals surface area contributed by atoms with Crippen LogP contribution in [-0.4, -0.2) is 25.2 Å². The first-order valence-corrected chi connectivity index (χ1v) is 11.9. The van der Waals surface area contributed by atoms with Crippen LogP contribution in [0, 0.1) is 5.41 Å². The van der Waals surface area contributed by atoms with Gasteiger partial charge in [-0.25, -0.2) is 9.59 Å². The molecular formula is C28H32O7. The van der Waals surface area contributed by atoms with Crippen molar-refractivity contribution in [2.75, 3.05) is 13.2 Å². The third kappa shape index (κ3) is 7.70. The number of unbranched alkanes of at least 4 members (excludes halogenated alkanes) is 3. The van der Waals surface area contributed by atoms with Crippen molar-refractivity contribution < 1.29 is 28.2 Å². The maximum Gasteiger partial charge on any atom is 0.343 e. The minimum Gasteiger partial charge on any atom is -0.494 e. The van der Waals surface area contributed by atoms with Gasteiger partial charge >= 0.3 is 17.6 Å². The second-order valence-corrected chi connectivity index (χ2v) is 9.00. The summed E-state index contributed by atoms with van der Waals surface area (Å²) in [6, 6.07) is 14.5. The lowest BCUT2D eigenvalue weighted by Gasteiger charge is -2.20. The molecule has 0 atom stereocenters. The molecule has 0 unspecified atom stereocenters. The summed E-state index contributed by atoms with van der Waals surface area (Å²) in [4.78, 5) is 35.6. The Bertz CT molecular complexity index is 1190. The van der Waals surface area contributed by atoms with Crippen molar-refractivity contribution in [2.24, 2.45) is 5.41 Å². The molecule has 0 aliphatic heterocycles. The van der Waals surface area contributed by atoms with Gasteiger partial charge in [0.15, 0.2) is 0 Å². The second kappa shape index (κ2) is 12.2. The Hall–Kier alpha value is -3.61. The number of esters is 2. The highest BCUT2D eigenvalue weighted by Gasteiger charge is 2.26. The van der Waals surface area contributed by atoms with Gasteiger partial charge in [0, 0.05) is 11.5 Å². The fourth-order valence-electron chi connectivity index (χ4n) is 3.22. The van der Waals surface area contributed by atoms with Gasteiger partial charge < -0.3 is 18.6 Å². The summed E-state index contributed by atoms with van der Waals surface area (Å²) in [5, 5.41) is 0.667. The number of benzene rings is 2. The molecule has 0 spiro atoms. The van der Waals surface area contributed by atoms with Crippen molar-refractivity contribution in [3.05, 3.63) is 70.6 Å². The molecule has 0 bridgehead atoms. The number of hydrogen-bond acceptors (Lipinski definition) is 7. The summed E-state index contributed by atoms with van der Waals surface area (Å²) in [7, 11) is 0. The molecule has 7 nitrogen and oxygen atoms in total. The van der Waals surface area contributed by atoms with E-state index in [1.807, 2.05) is 20.8 Å². The molecule has 1 aromatic heterocycles. The molecule has 0 radical (unpaired) electrons. The molecule has 1 heterocycles. The minimum atomic E-state index is -0.490. The summed E-state index contributed by atoms with van der Waals surface area (Å²) in [5.74, 6) is 0.414. The van der Waals surface area contributed by atoms with Crippen molar-refractivity contribution in [3.63, 3.8) is 0 Å². The van der Waals surface area contributed by atoms with Gasteiger partial charge in [0.05, 0.1) is 24.2 Å². The van der Waals surface area contributed by atoms with Gasteiger partial charge in [-0.15, -0.1) is 0 Å². The lowest BCUT2D eigenvalue weighted by Crippen LogP contribution is -2.26. The normalized spacial score (nSPS) is 11.3. The van der Waals surface area contributed by atoms with E-state index < -0.39 is 17.0 Å². The van der Waals surface area contributed by atoms with Gasteiger partial charge in [0.2, 0.25) is 0 Å². The zero-order chi connectivity index (χ0) is 25.3. The molecule has 0 saturated carbocycles. The lowest BCUT2D eigenvalue weighted by molar-refractivity contribution is -0.154. The fourth-order valence-corrected chi connectivity index (χ4v) is 3.22. The fraction of sp³-hybridized carbons (Fsp3) is 0.393. The Labute approximate surface area is 205 Å². The highest BCUT2D eigenvalue weighted by Crippen LogP contribution is 2.22. The summed E-state index contributed by atoms with van der Waals surface area (Å²) in [6.07, 6.45) is 4.44. The zero-order valence-electron chi connectivity index (χ0n) is 20.5. The SMILES string of the molecule is CCC(C)(C)C(=O)OCCCCCCOc1ccc(C(=O)Oc2ccc3oc(=O)ccc3c2)cc1. The average Bonchev–Trinajstić information content (AvgIpc) is 2.85. The summed E-state index contributed by atoms with van der Waals surface area (Å²) < 4.78 is 21.6. The zero-order valence-corrected chi connectivity index (χ0v) is 20.5. The van der Waals surface area contributed by atoms with Crippen molar-refractivity contribution in [1.82, 2.24) is 0 Å². The van der Waals surface area contributed by atoms with Crippen LogP contribution in [0.5, 0.6) is 11.5 Å². The molecule has 0 amide bonds. The number of carbonyl (C=O) groups is 2. The molecule has 2 aromatic carbocycles. The predicted octanol–water partition coefficient (Wildman–Crippen LogP) is 5.93. The number of ether oxygens (including phenoxy) is 3. The van der Waals surface area contributed by atoms with Crippen LogP contribution < -0.4 is 15.1 Å². The molecule has 0 fully saturated rings. The Morgan fingerprint density at radius 1 is 0.857 bits per heavy atom. The van der Waals surface area contributed by atoms with E-state index in [-0.39, 0.29) is 5.97 Å². The number of hydrogen-bond donors (Lipinski definition) is 0. The van der Waals surface area contributed by atoms with Crippen LogP contribution in [0.15, 0.2) is 63.8 Å². The Balaban J connectivity index is 1.35. The molecule has 7 heteroatoms. The van der Waals surface area contributed by atoms with Crippen molar-refractivity contribution in [1.29, 1.82) is 0 Å². The molecule has 3 rings (SSSR count). The first-order valence-electron chi connectivity index (χ1n) is 11.9. The van der Waals surface area contributed by atoms with Crippen LogP contribution in [0.1, 0.15) is 63.2 Å². The molecular weight excluding hydrogens is 448 g/mol. The highest BCUT2D eigenvalue weighted by molar-refractivity contribution is 5.91. The van der Waals surface area contributed by atoms with Crippen LogP contribution in [0.4, 0.5) is 0 Å². The maximum atomic E-state index is 12.4. The van der Waals surface area contributed by atoms with Gasteiger partial charge in [-0.05, 0) is 94.5 Å². The Morgan fingerprint density at radius 3 is 2.26 bits per heavy atom. The second-order valence-electron chi connectivity index (χ2n) is 9.00. The minimum absolute atomic E-state index is 0.136. The van der Waals surface area contributed by atoms with Gasteiger partial charge in [-0.2, -0.15) is 0 Å². The number of rotatable bonds is 12. The van der Waals surface area contributed by atoms with Crippen LogP contribution >= 0.6 is 0 Å². The standard InChI is InChI=1S/C28H32O7/c1-4-28(2,3)27(31)33-18-8-6-5-7-17-32-22-12-9-20(10-13-22)26(30)34-23-14-15-24-21(19-23)11-16-25(29)35-24/h9-16,19H,4-8,17-18H2,1-3H3. The Morgan fingerprint density at radius 2 is 1.54 bits per heavy atom. The third-order valence-corrected chi connectivity index (χ3v) is 5.87. The summed E-state index contributed by atoms with van der Waals surface area (Å²) in [6.45, 7) is 6.80. The van der Waals surface area contributed by atoms with Gasteiger partial charge in [-0.3, -0.25) is 4.79 Å². The summed E-state index contributed by atoms with van der Waals surface area (Å²) >= 11 is 0. The molecule has 0 N–H and O–H groups in total. The van der Waals surface area contributed by atoms with E-state index in [1.54, 1.807) is 48.5 Å². The largest absolute Gasteiger partial charge is 0.494 e. The van der Waals surface area contributed by atoms with Crippen molar-refractivity contribution in [3.8, 4) is 11.5 Å². The number of fused-ring (bicyclic) bond motifs is 1. The predicted molar refractivity (Wildman–Crippen MR) is 133 cm³/mol.